The van der Waals surface area contributed by atoms with E-state index in [1.54, 1.807) is 0 Å². The number of phosphoric acid groups is 1. The molecule has 0 aromatic carbocycles. The summed E-state index contributed by atoms with van der Waals surface area (Å²) in [5.74, 6) is 0. The van der Waals surface area contributed by atoms with Crippen LogP contribution in [-0.4, -0.2) is 92.5 Å². The third-order valence-corrected chi connectivity index (χ3v) is 0.744. The Labute approximate surface area is 113 Å². The van der Waals surface area contributed by atoms with Gasteiger partial charge in [0.15, 0.2) is 0 Å². The van der Waals surface area contributed by atoms with Gasteiger partial charge in [-0.05, 0) is 0 Å². The molecular formula is C4H12KO6P. The van der Waals surface area contributed by atoms with Crippen molar-refractivity contribution in [3.05, 3.63) is 0 Å². The normalized spacial score (nSPS) is 16.9. The predicted octanol–water partition coefficient (Wildman–Crippen LogP) is -1.54. The van der Waals surface area contributed by atoms with E-state index >= 15 is 0 Å². The molecule has 0 bridgehead atoms. The van der Waals surface area contributed by atoms with Crippen LogP contribution in [0.2, 0.25) is 0 Å². The van der Waals surface area contributed by atoms with E-state index in [4.69, 9.17) is 28.7 Å². The summed E-state index contributed by atoms with van der Waals surface area (Å²) in [6.45, 7) is 3.11. The van der Waals surface area contributed by atoms with E-state index in [0.717, 1.165) is 26.4 Å². The standard InChI is InChI=1S/C4H8O2.K.H3O4P.H/c1-2-6-4-3-5-1;;1-5(2,3)4;/h1-4H2;;(H3,1,2,3,4);. The molecule has 1 heterocycles. The molecule has 12 heavy (non-hydrogen) atoms. The summed E-state index contributed by atoms with van der Waals surface area (Å²) in [6.07, 6.45) is 0. The van der Waals surface area contributed by atoms with Gasteiger partial charge in [-0.25, -0.2) is 4.57 Å². The summed E-state index contributed by atoms with van der Waals surface area (Å²) in [7, 11) is -4.64. The van der Waals surface area contributed by atoms with Crippen molar-refractivity contribution < 1.29 is 28.7 Å². The van der Waals surface area contributed by atoms with E-state index in [-0.39, 0.29) is 51.4 Å². The fraction of sp³-hybridized carbons (Fsp3) is 1.00. The Balaban J connectivity index is 0. The zero-order valence-electron chi connectivity index (χ0n) is 5.84. The fourth-order valence-electron chi connectivity index (χ4n) is 0.440. The van der Waals surface area contributed by atoms with Crippen molar-refractivity contribution >= 4 is 59.2 Å². The second kappa shape index (κ2) is 9.23. The molecule has 0 unspecified atom stereocenters. The number of ether oxygens (including phenoxy) is 2. The molecule has 0 radical (unpaired) electrons. The van der Waals surface area contributed by atoms with Gasteiger partial charge in [0.25, 0.3) is 0 Å². The Bertz CT molecular complexity index is 112. The SMILES string of the molecule is C1COCCO1.O=P(O)(O)O.[KH]. The molecule has 1 fully saturated rings. The minimum absolute atomic E-state index is 0. The molecule has 0 aromatic heterocycles. The van der Waals surface area contributed by atoms with Gasteiger partial charge >= 0.3 is 59.2 Å². The average Bonchev–Trinajstić information content (AvgIpc) is 1.88. The van der Waals surface area contributed by atoms with Crippen molar-refractivity contribution in [2.45, 2.75) is 0 Å². The van der Waals surface area contributed by atoms with Crippen molar-refractivity contribution in [2.24, 2.45) is 0 Å². The molecule has 0 amide bonds. The van der Waals surface area contributed by atoms with Gasteiger partial charge in [0.2, 0.25) is 0 Å². The van der Waals surface area contributed by atoms with Crippen LogP contribution < -0.4 is 0 Å². The summed E-state index contributed by atoms with van der Waals surface area (Å²) in [5, 5.41) is 0. The summed E-state index contributed by atoms with van der Waals surface area (Å²) >= 11 is 0. The molecular weight excluding hydrogens is 214 g/mol. The third kappa shape index (κ3) is 22.6. The van der Waals surface area contributed by atoms with Crippen LogP contribution in [0.4, 0.5) is 0 Å². The zero-order chi connectivity index (χ0) is 8.74. The average molecular weight is 226 g/mol. The molecule has 8 heteroatoms. The van der Waals surface area contributed by atoms with Gasteiger partial charge < -0.3 is 24.2 Å². The Morgan fingerprint density at radius 2 is 1.08 bits per heavy atom. The van der Waals surface area contributed by atoms with Crippen molar-refractivity contribution in [3.8, 4) is 0 Å². The Kier molecular flexibility index (Phi) is 12.4. The zero-order valence-corrected chi connectivity index (χ0v) is 6.74. The van der Waals surface area contributed by atoms with Gasteiger partial charge in [-0.1, -0.05) is 0 Å². The molecule has 0 atom stereocenters. The summed E-state index contributed by atoms with van der Waals surface area (Å²) in [4.78, 5) is 21.6. The van der Waals surface area contributed by atoms with Crippen LogP contribution in [0.25, 0.3) is 0 Å². The van der Waals surface area contributed by atoms with Crippen LogP contribution >= 0.6 is 7.82 Å². The molecule has 0 aliphatic carbocycles. The Morgan fingerprint density at radius 3 is 1.17 bits per heavy atom. The van der Waals surface area contributed by atoms with Gasteiger partial charge in [0, 0.05) is 0 Å². The summed E-state index contributed by atoms with van der Waals surface area (Å²) in [5.41, 5.74) is 0. The van der Waals surface area contributed by atoms with E-state index in [1.165, 1.54) is 0 Å². The minimum atomic E-state index is -4.64. The first-order chi connectivity index (χ1) is 5.00. The molecule has 0 aromatic rings. The molecule has 0 saturated carbocycles. The molecule has 70 valence electrons. The van der Waals surface area contributed by atoms with E-state index in [0.29, 0.717) is 0 Å². The van der Waals surface area contributed by atoms with Crippen molar-refractivity contribution in [2.75, 3.05) is 26.4 Å². The van der Waals surface area contributed by atoms with Crippen LogP contribution in [-0.2, 0) is 14.0 Å². The molecule has 1 rings (SSSR count). The van der Waals surface area contributed by atoms with Crippen LogP contribution in [0.15, 0.2) is 0 Å². The summed E-state index contributed by atoms with van der Waals surface area (Å²) < 4.78 is 18.8. The second-order valence-electron chi connectivity index (χ2n) is 1.74. The first kappa shape index (κ1) is 16.1. The number of hydrogen-bond acceptors (Lipinski definition) is 3. The van der Waals surface area contributed by atoms with Crippen molar-refractivity contribution in [3.63, 3.8) is 0 Å². The van der Waals surface area contributed by atoms with Crippen LogP contribution in [0.3, 0.4) is 0 Å². The number of rotatable bonds is 0. The van der Waals surface area contributed by atoms with Crippen molar-refractivity contribution in [1.82, 2.24) is 0 Å². The Hall–Kier alpha value is 1.67. The van der Waals surface area contributed by atoms with Gasteiger partial charge in [-0.3, -0.25) is 0 Å². The predicted molar refractivity (Wildman–Crippen MR) is 43.0 cm³/mol. The van der Waals surface area contributed by atoms with E-state index < -0.39 is 7.82 Å². The second-order valence-corrected chi connectivity index (χ2v) is 2.76. The van der Waals surface area contributed by atoms with Gasteiger partial charge in [-0.15, -0.1) is 0 Å². The molecule has 3 N–H and O–H groups in total. The number of hydrogen-bond donors (Lipinski definition) is 3. The topological polar surface area (TPSA) is 96.2 Å². The third-order valence-electron chi connectivity index (χ3n) is 0.744. The summed E-state index contributed by atoms with van der Waals surface area (Å²) in [6, 6.07) is 0. The van der Waals surface area contributed by atoms with Crippen LogP contribution in [0, 0.1) is 0 Å². The molecule has 6 nitrogen and oxygen atoms in total. The quantitative estimate of drug-likeness (QED) is 0.342. The maximum atomic E-state index is 8.88. The molecule has 1 aliphatic rings. The van der Waals surface area contributed by atoms with Crippen molar-refractivity contribution in [1.29, 1.82) is 0 Å². The molecule has 0 spiro atoms. The van der Waals surface area contributed by atoms with E-state index in [2.05, 4.69) is 0 Å². The van der Waals surface area contributed by atoms with Crippen LogP contribution in [0.5, 0.6) is 0 Å². The first-order valence-electron chi connectivity index (χ1n) is 2.94. The van der Waals surface area contributed by atoms with E-state index in [1.807, 2.05) is 0 Å². The fourth-order valence-corrected chi connectivity index (χ4v) is 0.440. The maximum absolute atomic E-state index is 8.88. The van der Waals surface area contributed by atoms with E-state index in [9.17, 15) is 0 Å². The van der Waals surface area contributed by atoms with Gasteiger partial charge in [0.1, 0.15) is 0 Å². The van der Waals surface area contributed by atoms with Gasteiger partial charge in [0.05, 0.1) is 26.4 Å². The van der Waals surface area contributed by atoms with Gasteiger partial charge in [-0.2, -0.15) is 0 Å². The first-order valence-corrected chi connectivity index (χ1v) is 4.50. The Morgan fingerprint density at radius 1 is 0.917 bits per heavy atom. The molecule has 1 saturated heterocycles. The monoisotopic (exact) mass is 226 g/mol. The molecule has 1 aliphatic heterocycles. The van der Waals surface area contributed by atoms with Crippen LogP contribution in [0.1, 0.15) is 0 Å².